The van der Waals surface area contributed by atoms with Crippen molar-refractivity contribution in [2.75, 3.05) is 20.1 Å². The van der Waals surface area contributed by atoms with Crippen LogP contribution >= 0.6 is 0 Å². The Hall–Kier alpha value is -4.79. The van der Waals surface area contributed by atoms with Crippen LogP contribution in [-0.2, 0) is 11.2 Å². The molecule has 2 N–H and O–H groups in total. The van der Waals surface area contributed by atoms with Crippen molar-refractivity contribution in [3.8, 4) is 11.4 Å². The molecule has 1 aromatic heterocycles. The monoisotopic (exact) mass is 607 g/mol. The molecule has 0 bridgehead atoms. The second-order valence-corrected chi connectivity index (χ2v) is 12.5. The number of amides is 2. The van der Waals surface area contributed by atoms with E-state index in [1.54, 1.807) is 13.1 Å². The van der Waals surface area contributed by atoms with Crippen LogP contribution in [0.5, 0.6) is 0 Å². The lowest BCUT2D eigenvalue weighted by Crippen LogP contribution is -2.34. The van der Waals surface area contributed by atoms with Crippen LogP contribution in [0.25, 0.3) is 22.4 Å². The number of benzene rings is 3. The van der Waals surface area contributed by atoms with Gasteiger partial charge in [-0.3, -0.25) is 14.6 Å². The number of hydrogen-bond acceptors (Lipinski definition) is 6. The first-order chi connectivity index (χ1) is 21.5. The summed E-state index contributed by atoms with van der Waals surface area (Å²) in [7, 11) is 1.68. The highest BCUT2D eigenvalue weighted by molar-refractivity contribution is 6.07. The summed E-state index contributed by atoms with van der Waals surface area (Å²) in [6.45, 7) is 8.70. The highest BCUT2D eigenvalue weighted by Gasteiger charge is 2.21. The smallest absolute Gasteiger partial charge is 0.410 e. The Morgan fingerprint density at radius 3 is 2.42 bits per heavy atom. The van der Waals surface area contributed by atoms with Crippen LogP contribution in [0.2, 0.25) is 0 Å². The molecule has 0 fully saturated rings. The quantitative estimate of drug-likeness (QED) is 0.137. The van der Waals surface area contributed by atoms with Gasteiger partial charge in [0, 0.05) is 49.7 Å². The van der Waals surface area contributed by atoms with Crippen LogP contribution in [0.3, 0.4) is 0 Å². The molecule has 0 spiro atoms. The first-order valence-corrected chi connectivity index (χ1v) is 15.6. The van der Waals surface area contributed by atoms with Gasteiger partial charge in [-0.1, -0.05) is 37.6 Å². The molecule has 4 aromatic rings. The molecule has 45 heavy (non-hydrogen) atoms. The SMILES string of the molecule is CCCCNC(=O)c1ccc2c(c1)CC(c1ccc(-c3nc4ccc(C(=O)CCCN(C)C(=O)OC(C)(C)C)cc4[nH]3)cc1)=N2. The van der Waals surface area contributed by atoms with Crippen molar-refractivity contribution in [3.05, 3.63) is 82.9 Å². The lowest BCUT2D eigenvalue weighted by atomic mass is 10.0. The van der Waals surface area contributed by atoms with Crippen molar-refractivity contribution in [1.82, 2.24) is 20.2 Å². The van der Waals surface area contributed by atoms with E-state index in [1.807, 2.05) is 75.4 Å². The first-order valence-electron chi connectivity index (χ1n) is 15.6. The third kappa shape index (κ3) is 7.84. The summed E-state index contributed by atoms with van der Waals surface area (Å²) in [5, 5.41) is 2.98. The number of aromatic nitrogens is 2. The van der Waals surface area contributed by atoms with Crippen molar-refractivity contribution in [3.63, 3.8) is 0 Å². The molecule has 9 nitrogen and oxygen atoms in total. The maximum absolute atomic E-state index is 12.9. The van der Waals surface area contributed by atoms with E-state index in [0.29, 0.717) is 43.5 Å². The predicted octanol–water partition coefficient (Wildman–Crippen LogP) is 7.27. The van der Waals surface area contributed by atoms with Gasteiger partial charge in [0.25, 0.3) is 5.91 Å². The average Bonchev–Trinajstić information content (AvgIpc) is 3.64. The number of nitrogens with zero attached hydrogens (tertiary/aromatic N) is 3. The summed E-state index contributed by atoms with van der Waals surface area (Å²) < 4.78 is 5.37. The summed E-state index contributed by atoms with van der Waals surface area (Å²) >= 11 is 0. The van der Waals surface area contributed by atoms with Crippen LogP contribution in [0.15, 0.2) is 65.7 Å². The maximum Gasteiger partial charge on any atom is 0.410 e. The van der Waals surface area contributed by atoms with Gasteiger partial charge in [0.05, 0.1) is 22.4 Å². The molecule has 234 valence electrons. The molecule has 0 unspecified atom stereocenters. The second-order valence-electron chi connectivity index (χ2n) is 12.5. The van der Waals surface area contributed by atoms with Crippen molar-refractivity contribution in [2.24, 2.45) is 4.99 Å². The fraction of sp³-hybridized carbons (Fsp3) is 0.361. The second kappa shape index (κ2) is 13.5. The van der Waals surface area contributed by atoms with E-state index in [2.05, 4.69) is 17.2 Å². The number of imidazole rings is 1. The van der Waals surface area contributed by atoms with Crippen LogP contribution in [-0.4, -0.2) is 64.1 Å². The minimum Gasteiger partial charge on any atom is -0.444 e. The number of rotatable bonds is 11. The molecule has 1 aliphatic rings. The van der Waals surface area contributed by atoms with E-state index in [-0.39, 0.29) is 11.7 Å². The Balaban J connectivity index is 1.19. The molecule has 0 saturated heterocycles. The molecule has 0 radical (unpaired) electrons. The van der Waals surface area contributed by atoms with Crippen molar-refractivity contribution >= 4 is 40.2 Å². The van der Waals surface area contributed by atoms with Gasteiger partial charge in [-0.2, -0.15) is 0 Å². The Labute approximate surface area is 264 Å². The number of aliphatic imine (C=N–C) groups is 1. The topological polar surface area (TPSA) is 117 Å². The van der Waals surface area contributed by atoms with Gasteiger partial charge < -0.3 is 19.9 Å². The summed E-state index contributed by atoms with van der Waals surface area (Å²) in [5.74, 6) is 0.683. The Morgan fingerprint density at radius 1 is 0.956 bits per heavy atom. The average molecular weight is 608 g/mol. The lowest BCUT2D eigenvalue weighted by molar-refractivity contribution is 0.0295. The summed E-state index contributed by atoms with van der Waals surface area (Å²) in [5.41, 5.74) is 7.14. The molecule has 3 aromatic carbocycles. The molecule has 1 aliphatic heterocycles. The Kier molecular flexibility index (Phi) is 9.46. The van der Waals surface area contributed by atoms with E-state index >= 15 is 0 Å². The van der Waals surface area contributed by atoms with Gasteiger partial charge in [-0.15, -0.1) is 0 Å². The molecule has 2 heterocycles. The molecular weight excluding hydrogens is 566 g/mol. The predicted molar refractivity (Wildman–Crippen MR) is 178 cm³/mol. The number of H-pyrrole nitrogens is 1. The number of nitrogens with one attached hydrogen (secondary N) is 2. The van der Waals surface area contributed by atoms with Crippen molar-refractivity contribution < 1.29 is 19.1 Å². The number of ether oxygens (including phenoxy) is 1. The fourth-order valence-corrected chi connectivity index (χ4v) is 5.18. The van der Waals surface area contributed by atoms with E-state index in [9.17, 15) is 14.4 Å². The summed E-state index contributed by atoms with van der Waals surface area (Å²) in [6, 6.07) is 19.3. The van der Waals surface area contributed by atoms with Crippen molar-refractivity contribution in [2.45, 2.75) is 65.4 Å². The highest BCUT2D eigenvalue weighted by Crippen LogP contribution is 2.31. The zero-order valence-electron chi connectivity index (χ0n) is 26.7. The van der Waals surface area contributed by atoms with Gasteiger partial charge >= 0.3 is 6.09 Å². The molecular formula is C36H41N5O4. The first kappa shape index (κ1) is 31.6. The molecule has 0 atom stereocenters. The zero-order valence-corrected chi connectivity index (χ0v) is 26.7. The van der Waals surface area contributed by atoms with Gasteiger partial charge in [0.2, 0.25) is 0 Å². The van der Waals surface area contributed by atoms with Gasteiger partial charge in [0.1, 0.15) is 11.4 Å². The molecule has 9 heteroatoms. The van der Waals surface area contributed by atoms with E-state index < -0.39 is 11.7 Å². The number of hydrogen-bond donors (Lipinski definition) is 2. The van der Waals surface area contributed by atoms with E-state index in [1.165, 1.54) is 4.90 Å². The van der Waals surface area contributed by atoms with Gasteiger partial charge in [0.15, 0.2) is 5.78 Å². The number of carbonyl (C=O) groups is 3. The minimum atomic E-state index is -0.557. The zero-order chi connectivity index (χ0) is 32.1. The summed E-state index contributed by atoms with van der Waals surface area (Å²) in [4.78, 5) is 52.0. The van der Waals surface area contributed by atoms with E-state index in [4.69, 9.17) is 14.7 Å². The highest BCUT2D eigenvalue weighted by atomic mass is 16.6. The number of ketones is 1. The Bertz CT molecular complexity index is 1750. The molecule has 0 aliphatic carbocycles. The third-order valence-electron chi connectivity index (χ3n) is 7.67. The van der Waals surface area contributed by atoms with Crippen LogP contribution in [0.1, 0.15) is 85.2 Å². The molecule has 2 amide bonds. The summed E-state index contributed by atoms with van der Waals surface area (Å²) in [6.07, 6.45) is 3.14. The lowest BCUT2D eigenvalue weighted by Gasteiger charge is -2.24. The number of aromatic amines is 1. The largest absolute Gasteiger partial charge is 0.444 e. The third-order valence-corrected chi connectivity index (χ3v) is 7.67. The number of carbonyl (C=O) groups excluding carboxylic acids is 3. The minimum absolute atomic E-state index is 0.0116. The van der Waals surface area contributed by atoms with E-state index in [0.717, 1.165) is 57.8 Å². The van der Waals surface area contributed by atoms with Gasteiger partial charge in [-0.25, -0.2) is 9.78 Å². The molecule has 0 saturated carbocycles. The Morgan fingerprint density at radius 2 is 1.69 bits per heavy atom. The number of Topliss-reactive ketones (excluding diaryl/α,β-unsaturated/α-hetero) is 1. The fourth-order valence-electron chi connectivity index (χ4n) is 5.18. The number of fused-ring (bicyclic) bond motifs is 2. The normalized spacial score (nSPS) is 12.5. The molecule has 5 rings (SSSR count). The van der Waals surface area contributed by atoms with Crippen LogP contribution in [0.4, 0.5) is 10.5 Å². The van der Waals surface area contributed by atoms with Gasteiger partial charge in [-0.05, 0) is 81.1 Å². The van der Waals surface area contributed by atoms with Crippen LogP contribution < -0.4 is 5.32 Å². The van der Waals surface area contributed by atoms with Crippen molar-refractivity contribution in [1.29, 1.82) is 0 Å². The van der Waals surface area contributed by atoms with Crippen LogP contribution in [0, 0.1) is 0 Å². The standard InChI is InChI=1S/C36H41N5O4/c1-6-7-18-37-34(43)26-15-16-28-27(20-26)22-30(38-28)23-10-12-24(13-11-23)33-39-29-17-14-25(21-31(29)40-33)32(42)9-8-19-41(5)35(44)45-36(2,3)4/h10-17,20-21H,6-9,18-19,22H2,1-5H3,(H,37,43)(H,39,40). The number of unbranched alkanes of at least 4 members (excludes halogenated alkanes) is 1. The maximum atomic E-state index is 12.9.